The molecule has 0 unspecified atom stereocenters. The van der Waals surface area contributed by atoms with E-state index in [9.17, 15) is 4.39 Å². The Labute approximate surface area is 136 Å². The fourth-order valence-corrected chi connectivity index (χ4v) is 3.06. The fraction of sp³-hybridized carbons (Fsp3) is 0.471. The molecular formula is C17H24FN5. The zero-order valence-corrected chi connectivity index (χ0v) is 13.7. The maximum Gasteiger partial charge on any atom is 0.124 e. The first kappa shape index (κ1) is 16.0. The van der Waals surface area contributed by atoms with Gasteiger partial charge in [-0.3, -0.25) is 0 Å². The van der Waals surface area contributed by atoms with Crippen molar-refractivity contribution in [2.24, 2.45) is 5.92 Å². The highest BCUT2D eigenvalue weighted by Crippen LogP contribution is 2.19. The van der Waals surface area contributed by atoms with E-state index in [1.165, 1.54) is 6.07 Å². The van der Waals surface area contributed by atoms with Crippen LogP contribution in [-0.4, -0.2) is 48.4 Å². The first-order valence-corrected chi connectivity index (χ1v) is 8.02. The molecule has 0 saturated heterocycles. The molecule has 124 valence electrons. The lowest BCUT2D eigenvalue weighted by Crippen LogP contribution is -2.38. The van der Waals surface area contributed by atoms with Crippen LogP contribution in [0.25, 0.3) is 0 Å². The van der Waals surface area contributed by atoms with E-state index in [0.717, 1.165) is 37.6 Å². The lowest BCUT2D eigenvalue weighted by molar-refractivity contribution is 0.279. The Bertz CT molecular complexity index is 639. The number of nitrogens with zero attached hydrogens (tertiary/aromatic N) is 3. The molecule has 1 aliphatic heterocycles. The molecule has 0 saturated carbocycles. The fourth-order valence-electron chi connectivity index (χ4n) is 3.06. The number of anilines is 1. The average Bonchev–Trinajstić information content (AvgIpc) is 2.98. The van der Waals surface area contributed by atoms with Crippen LogP contribution in [0.5, 0.6) is 0 Å². The average molecular weight is 317 g/mol. The molecule has 0 amide bonds. The van der Waals surface area contributed by atoms with Gasteiger partial charge in [-0.2, -0.15) is 5.10 Å². The number of hydrogen-bond acceptors (Lipinski definition) is 4. The normalized spacial score (nSPS) is 18.5. The number of aromatic nitrogens is 2. The summed E-state index contributed by atoms with van der Waals surface area (Å²) in [7, 11) is 4.05. The van der Waals surface area contributed by atoms with Gasteiger partial charge in [-0.15, -0.1) is 0 Å². The second-order valence-electron chi connectivity index (χ2n) is 6.34. The number of rotatable bonds is 6. The third-order valence-electron chi connectivity index (χ3n) is 4.35. The van der Waals surface area contributed by atoms with Crippen molar-refractivity contribution in [3.8, 4) is 0 Å². The third kappa shape index (κ3) is 3.89. The predicted molar refractivity (Wildman–Crippen MR) is 89.9 cm³/mol. The van der Waals surface area contributed by atoms with Crippen LogP contribution in [0.3, 0.4) is 0 Å². The summed E-state index contributed by atoms with van der Waals surface area (Å²) in [6, 6.07) is 9.00. The Morgan fingerprint density at radius 2 is 2.30 bits per heavy atom. The first-order chi connectivity index (χ1) is 11.1. The molecule has 1 aromatic heterocycles. The zero-order chi connectivity index (χ0) is 16.2. The lowest BCUT2D eigenvalue weighted by Gasteiger charge is -2.28. The molecule has 5 nitrogen and oxygen atoms in total. The van der Waals surface area contributed by atoms with Crippen LogP contribution in [0.4, 0.5) is 10.2 Å². The highest BCUT2D eigenvalue weighted by atomic mass is 19.1. The molecule has 3 rings (SSSR count). The molecule has 0 aliphatic carbocycles. The number of nitrogens with one attached hydrogen (secondary N) is 2. The van der Waals surface area contributed by atoms with Gasteiger partial charge in [-0.05, 0) is 31.8 Å². The SMILES string of the molecule is CN(C)[C@@H](CNC[C@H]1CNc2ccnn2C1)c1cccc(F)c1. The van der Waals surface area contributed by atoms with Crippen molar-refractivity contribution in [2.75, 3.05) is 39.0 Å². The quantitative estimate of drug-likeness (QED) is 0.855. The van der Waals surface area contributed by atoms with Crippen molar-refractivity contribution in [2.45, 2.75) is 12.6 Å². The van der Waals surface area contributed by atoms with Crippen LogP contribution in [0.2, 0.25) is 0 Å². The minimum atomic E-state index is -0.183. The molecule has 1 aromatic carbocycles. The number of hydrogen-bond donors (Lipinski definition) is 2. The van der Waals surface area contributed by atoms with E-state index in [4.69, 9.17) is 0 Å². The summed E-state index contributed by atoms with van der Waals surface area (Å²) >= 11 is 0. The Balaban J connectivity index is 1.54. The predicted octanol–water partition coefficient (Wildman–Crippen LogP) is 1.96. The van der Waals surface area contributed by atoms with E-state index < -0.39 is 0 Å². The summed E-state index contributed by atoms with van der Waals surface area (Å²) < 4.78 is 15.5. The van der Waals surface area contributed by atoms with E-state index in [0.29, 0.717) is 5.92 Å². The van der Waals surface area contributed by atoms with Gasteiger partial charge >= 0.3 is 0 Å². The highest BCUT2D eigenvalue weighted by Gasteiger charge is 2.19. The number of benzene rings is 1. The van der Waals surface area contributed by atoms with Crippen molar-refractivity contribution in [1.29, 1.82) is 0 Å². The molecule has 2 atom stereocenters. The molecule has 0 radical (unpaired) electrons. The Morgan fingerprint density at radius 1 is 1.43 bits per heavy atom. The minimum absolute atomic E-state index is 0.155. The molecule has 2 aromatic rings. The Morgan fingerprint density at radius 3 is 3.09 bits per heavy atom. The molecule has 0 spiro atoms. The van der Waals surface area contributed by atoms with Gasteiger partial charge in [0.05, 0.1) is 6.20 Å². The summed E-state index contributed by atoms with van der Waals surface area (Å²) in [4.78, 5) is 2.12. The smallest absolute Gasteiger partial charge is 0.124 e. The van der Waals surface area contributed by atoms with Gasteiger partial charge in [-0.1, -0.05) is 12.1 Å². The maximum atomic E-state index is 13.5. The number of fused-ring (bicyclic) bond motifs is 1. The minimum Gasteiger partial charge on any atom is -0.370 e. The van der Waals surface area contributed by atoms with Gasteiger partial charge in [0.1, 0.15) is 11.6 Å². The van der Waals surface area contributed by atoms with Gasteiger partial charge < -0.3 is 15.5 Å². The summed E-state index contributed by atoms with van der Waals surface area (Å²) in [5.74, 6) is 1.40. The van der Waals surface area contributed by atoms with E-state index in [2.05, 4.69) is 20.6 Å². The van der Waals surface area contributed by atoms with E-state index >= 15 is 0 Å². The summed E-state index contributed by atoms with van der Waals surface area (Å²) in [6.07, 6.45) is 1.82. The van der Waals surface area contributed by atoms with Crippen LogP contribution in [0.15, 0.2) is 36.5 Å². The molecule has 0 fully saturated rings. The van der Waals surface area contributed by atoms with Crippen molar-refractivity contribution in [3.05, 3.63) is 47.9 Å². The standard InChI is InChI=1S/C17H24FN5/c1-22(2)16(14-4-3-5-15(18)8-14)11-19-9-13-10-20-17-6-7-21-23(17)12-13/h3-8,13,16,19-20H,9-12H2,1-2H3/t13-,16-/m0/s1. The van der Waals surface area contributed by atoms with Gasteiger partial charge in [-0.25, -0.2) is 9.07 Å². The Hall–Kier alpha value is -1.92. The van der Waals surface area contributed by atoms with Crippen LogP contribution in [-0.2, 0) is 6.54 Å². The van der Waals surface area contributed by atoms with Crippen LogP contribution >= 0.6 is 0 Å². The molecule has 1 aliphatic rings. The molecule has 23 heavy (non-hydrogen) atoms. The maximum absolute atomic E-state index is 13.5. The van der Waals surface area contributed by atoms with Crippen molar-refractivity contribution < 1.29 is 4.39 Å². The van der Waals surface area contributed by atoms with Crippen LogP contribution < -0.4 is 10.6 Å². The van der Waals surface area contributed by atoms with Crippen LogP contribution in [0.1, 0.15) is 11.6 Å². The Kier molecular flexibility index (Phi) is 4.93. The molecule has 6 heteroatoms. The van der Waals surface area contributed by atoms with Crippen LogP contribution in [0, 0.1) is 11.7 Å². The van der Waals surface area contributed by atoms with Gasteiger partial charge in [0.15, 0.2) is 0 Å². The van der Waals surface area contributed by atoms with E-state index in [1.54, 1.807) is 12.1 Å². The number of likely N-dealkylation sites (N-methyl/N-ethyl adjacent to an activating group) is 1. The molecule has 2 N–H and O–H groups in total. The highest BCUT2D eigenvalue weighted by molar-refractivity contribution is 5.35. The van der Waals surface area contributed by atoms with Crippen molar-refractivity contribution in [3.63, 3.8) is 0 Å². The zero-order valence-electron chi connectivity index (χ0n) is 13.7. The van der Waals surface area contributed by atoms with Gasteiger partial charge in [0, 0.05) is 44.2 Å². The second-order valence-corrected chi connectivity index (χ2v) is 6.34. The van der Waals surface area contributed by atoms with Gasteiger partial charge in [0.25, 0.3) is 0 Å². The molecule has 2 heterocycles. The summed E-state index contributed by atoms with van der Waals surface area (Å²) in [5.41, 5.74) is 0.999. The third-order valence-corrected chi connectivity index (χ3v) is 4.35. The summed E-state index contributed by atoms with van der Waals surface area (Å²) in [5, 5.41) is 11.2. The van der Waals surface area contributed by atoms with Crippen molar-refractivity contribution >= 4 is 5.82 Å². The first-order valence-electron chi connectivity index (χ1n) is 8.02. The summed E-state index contributed by atoms with van der Waals surface area (Å²) in [6.45, 7) is 3.57. The van der Waals surface area contributed by atoms with Crippen molar-refractivity contribution in [1.82, 2.24) is 20.0 Å². The van der Waals surface area contributed by atoms with E-state index in [1.807, 2.05) is 37.1 Å². The molecular weight excluding hydrogens is 293 g/mol. The topological polar surface area (TPSA) is 45.1 Å². The largest absolute Gasteiger partial charge is 0.370 e. The second kappa shape index (κ2) is 7.10. The number of halogens is 1. The monoisotopic (exact) mass is 317 g/mol. The lowest BCUT2D eigenvalue weighted by atomic mass is 10.0. The van der Waals surface area contributed by atoms with E-state index in [-0.39, 0.29) is 11.9 Å². The molecule has 0 bridgehead atoms. The van der Waals surface area contributed by atoms with Gasteiger partial charge in [0.2, 0.25) is 0 Å².